The van der Waals surface area contributed by atoms with Crippen LogP contribution >= 0.6 is 23.1 Å². The second-order valence-electron chi connectivity index (χ2n) is 5.48. The van der Waals surface area contributed by atoms with Crippen molar-refractivity contribution in [2.45, 2.75) is 61.4 Å². The zero-order chi connectivity index (χ0) is 13.8. The summed E-state index contributed by atoms with van der Waals surface area (Å²) in [5, 5.41) is 15.6. The monoisotopic (exact) mass is 312 g/mol. The van der Waals surface area contributed by atoms with Crippen molar-refractivity contribution >= 4 is 34.1 Å². The van der Waals surface area contributed by atoms with Crippen LogP contribution in [0.4, 0.5) is 5.13 Å². The van der Waals surface area contributed by atoms with Gasteiger partial charge >= 0.3 is 0 Å². The van der Waals surface area contributed by atoms with Gasteiger partial charge < -0.3 is 10.6 Å². The maximum atomic E-state index is 11.6. The van der Waals surface area contributed by atoms with Crippen LogP contribution in [-0.4, -0.2) is 33.9 Å². The molecular formula is C13H20N4OS2. The fourth-order valence-corrected chi connectivity index (χ4v) is 4.01. The van der Waals surface area contributed by atoms with Gasteiger partial charge in [0.15, 0.2) is 4.34 Å². The van der Waals surface area contributed by atoms with Crippen LogP contribution in [0, 0.1) is 0 Å². The molecule has 2 N–H and O–H groups in total. The van der Waals surface area contributed by atoms with Crippen LogP contribution in [0.2, 0.25) is 0 Å². The van der Waals surface area contributed by atoms with E-state index in [2.05, 4.69) is 20.8 Å². The summed E-state index contributed by atoms with van der Waals surface area (Å²) in [6.45, 7) is 0. The van der Waals surface area contributed by atoms with Gasteiger partial charge in [-0.1, -0.05) is 42.4 Å². The highest BCUT2D eigenvalue weighted by molar-refractivity contribution is 8.01. The minimum atomic E-state index is 0.106. The molecule has 110 valence electrons. The molecule has 0 aromatic carbocycles. The second-order valence-corrected chi connectivity index (χ2v) is 7.68. The number of carbonyl (C=O) groups is 1. The van der Waals surface area contributed by atoms with Gasteiger partial charge in [-0.3, -0.25) is 4.79 Å². The number of nitrogens with one attached hydrogen (secondary N) is 2. The largest absolute Gasteiger partial charge is 0.357 e. The molecule has 0 saturated heterocycles. The quantitative estimate of drug-likeness (QED) is 0.791. The summed E-state index contributed by atoms with van der Waals surface area (Å²) >= 11 is 3.03. The third kappa shape index (κ3) is 4.34. The molecule has 1 aromatic heterocycles. The van der Waals surface area contributed by atoms with E-state index in [0.717, 1.165) is 22.3 Å². The molecule has 0 spiro atoms. The van der Waals surface area contributed by atoms with Crippen molar-refractivity contribution in [2.75, 3.05) is 11.1 Å². The van der Waals surface area contributed by atoms with Crippen molar-refractivity contribution in [1.82, 2.24) is 15.5 Å². The van der Waals surface area contributed by atoms with Gasteiger partial charge in [-0.2, -0.15) is 0 Å². The summed E-state index contributed by atoms with van der Waals surface area (Å²) in [5.74, 6) is 0.545. The van der Waals surface area contributed by atoms with Gasteiger partial charge in [0.05, 0.1) is 5.75 Å². The van der Waals surface area contributed by atoms with E-state index >= 15 is 0 Å². The fourth-order valence-electron chi connectivity index (χ4n) is 2.37. The third-order valence-electron chi connectivity index (χ3n) is 3.61. The molecule has 3 rings (SSSR count). The van der Waals surface area contributed by atoms with E-state index in [1.807, 2.05) is 0 Å². The lowest BCUT2D eigenvalue weighted by molar-refractivity contribution is -0.118. The molecular weight excluding hydrogens is 292 g/mol. The first-order valence-electron chi connectivity index (χ1n) is 7.32. The Kier molecular flexibility index (Phi) is 4.77. The molecule has 2 fully saturated rings. The van der Waals surface area contributed by atoms with E-state index < -0.39 is 0 Å². The average Bonchev–Trinajstić information content (AvgIpc) is 3.15. The lowest BCUT2D eigenvalue weighted by Gasteiger charge is -2.21. The molecule has 1 heterocycles. The highest BCUT2D eigenvalue weighted by Gasteiger charge is 2.23. The van der Waals surface area contributed by atoms with Gasteiger partial charge in [0.25, 0.3) is 0 Å². The molecule has 0 unspecified atom stereocenters. The number of rotatable bonds is 6. The summed E-state index contributed by atoms with van der Waals surface area (Å²) in [5.41, 5.74) is 0. The first kappa shape index (κ1) is 14.1. The van der Waals surface area contributed by atoms with Gasteiger partial charge in [-0.05, 0) is 25.7 Å². The Hall–Kier alpha value is -0.820. The van der Waals surface area contributed by atoms with Crippen LogP contribution in [0.15, 0.2) is 4.34 Å². The number of nitrogens with zero attached hydrogens (tertiary/aromatic N) is 2. The lowest BCUT2D eigenvalue weighted by Crippen LogP contribution is -2.26. The molecule has 7 heteroatoms. The molecule has 20 heavy (non-hydrogen) atoms. The minimum Gasteiger partial charge on any atom is -0.357 e. The maximum absolute atomic E-state index is 11.6. The number of anilines is 1. The molecule has 5 nitrogen and oxygen atoms in total. The number of carbonyl (C=O) groups excluding carboxylic acids is 1. The fraction of sp³-hybridized carbons (Fsp3) is 0.769. The lowest BCUT2D eigenvalue weighted by atomic mass is 9.96. The van der Waals surface area contributed by atoms with Crippen molar-refractivity contribution in [3.63, 3.8) is 0 Å². The second kappa shape index (κ2) is 6.76. The summed E-state index contributed by atoms with van der Waals surface area (Å²) < 4.78 is 0.870. The number of hydrogen-bond acceptors (Lipinski definition) is 6. The molecule has 0 aliphatic heterocycles. The van der Waals surface area contributed by atoms with Crippen molar-refractivity contribution < 1.29 is 4.79 Å². The SMILES string of the molecule is O=C(CSc1nnc(NC2CCCCC2)s1)NC1CC1. The van der Waals surface area contributed by atoms with Gasteiger partial charge in [0.2, 0.25) is 11.0 Å². The average molecular weight is 312 g/mol. The van der Waals surface area contributed by atoms with Crippen LogP contribution < -0.4 is 10.6 Å². The molecule has 2 aliphatic rings. The van der Waals surface area contributed by atoms with Gasteiger partial charge in [-0.25, -0.2) is 0 Å². The Balaban J connectivity index is 1.42. The van der Waals surface area contributed by atoms with Crippen molar-refractivity contribution in [1.29, 1.82) is 0 Å². The molecule has 0 atom stereocenters. The Morgan fingerprint density at radius 3 is 2.70 bits per heavy atom. The summed E-state index contributed by atoms with van der Waals surface area (Å²) in [4.78, 5) is 11.6. The van der Waals surface area contributed by atoms with Gasteiger partial charge in [0, 0.05) is 12.1 Å². The van der Waals surface area contributed by atoms with Crippen LogP contribution in [0.5, 0.6) is 0 Å². The Bertz CT molecular complexity index is 455. The van der Waals surface area contributed by atoms with E-state index in [1.165, 1.54) is 43.9 Å². The first-order chi connectivity index (χ1) is 9.79. The van der Waals surface area contributed by atoms with Gasteiger partial charge in [-0.15, -0.1) is 10.2 Å². The standard InChI is InChI=1S/C13H20N4OS2/c18-11(14-10-6-7-10)8-19-13-17-16-12(20-13)15-9-4-2-1-3-5-9/h9-10H,1-8H2,(H,14,18)(H,15,16). The zero-order valence-electron chi connectivity index (χ0n) is 11.4. The third-order valence-corrected chi connectivity index (χ3v) is 5.60. The molecule has 1 amide bonds. The minimum absolute atomic E-state index is 0.106. The predicted octanol–water partition coefficient (Wildman–Crippen LogP) is 2.65. The van der Waals surface area contributed by atoms with E-state index in [0.29, 0.717) is 17.8 Å². The Morgan fingerprint density at radius 1 is 1.15 bits per heavy atom. The summed E-state index contributed by atoms with van der Waals surface area (Å²) in [6.07, 6.45) is 8.68. The van der Waals surface area contributed by atoms with Crippen molar-refractivity contribution in [3.8, 4) is 0 Å². The number of thioether (sulfide) groups is 1. The topological polar surface area (TPSA) is 66.9 Å². The molecule has 2 aliphatic carbocycles. The predicted molar refractivity (Wildman–Crippen MR) is 82.3 cm³/mol. The number of hydrogen-bond donors (Lipinski definition) is 2. The highest BCUT2D eigenvalue weighted by Crippen LogP contribution is 2.28. The zero-order valence-corrected chi connectivity index (χ0v) is 13.1. The smallest absolute Gasteiger partial charge is 0.230 e. The van der Waals surface area contributed by atoms with E-state index in [9.17, 15) is 4.79 Å². The van der Waals surface area contributed by atoms with E-state index in [-0.39, 0.29) is 5.91 Å². The maximum Gasteiger partial charge on any atom is 0.230 e. The van der Waals surface area contributed by atoms with Crippen LogP contribution in [0.3, 0.4) is 0 Å². The van der Waals surface area contributed by atoms with Crippen LogP contribution in [-0.2, 0) is 4.79 Å². The first-order valence-corrected chi connectivity index (χ1v) is 9.12. The molecule has 2 saturated carbocycles. The van der Waals surface area contributed by atoms with E-state index in [1.54, 1.807) is 11.3 Å². The number of aromatic nitrogens is 2. The summed E-state index contributed by atoms with van der Waals surface area (Å²) in [6, 6.07) is 0.980. The van der Waals surface area contributed by atoms with Crippen LogP contribution in [0.1, 0.15) is 44.9 Å². The van der Waals surface area contributed by atoms with Crippen molar-refractivity contribution in [2.24, 2.45) is 0 Å². The Labute approximate surface area is 127 Å². The van der Waals surface area contributed by atoms with E-state index in [4.69, 9.17) is 0 Å². The molecule has 0 radical (unpaired) electrons. The molecule has 0 bridgehead atoms. The van der Waals surface area contributed by atoms with Crippen LogP contribution in [0.25, 0.3) is 0 Å². The molecule has 1 aromatic rings. The summed E-state index contributed by atoms with van der Waals surface area (Å²) in [7, 11) is 0. The van der Waals surface area contributed by atoms with Gasteiger partial charge in [0.1, 0.15) is 0 Å². The highest BCUT2D eigenvalue weighted by atomic mass is 32.2. The Morgan fingerprint density at radius 2 is 1.95 bits per heavy atom. The normalized spacial score (nSPS) is 19.8. The number of amides is 1. The van der Waals surface area contributed by atoms with Crippen molar-refractivity contribution in [3.05, 3.63) is 0 Å².